The first-order chi connectivity index (χ1) is 23.9. The van der Waals surface area contributed by atoms with E-state index in [0.717, 1.165) is 39.1 Å². The van der Waals surface area contributed by atoms with Gasteiger partial charge in [-0.15, -0.1) is 0 Å². The SMILES string of the molecule is COc1cc2c(Oc3ccc(NC[C@@]4(C(=O)Nc5ccc(F)cc5)C[C@H]4C)cc3F)ccnc2cc1OCCCN1CCN(C(C)(C)C)CC1. The van der Waals surface area contributed by atoms with Crippen molar-refractivity contribution in [2.24, 2.45) is 11.3 Å². The van der Waals surface area contributed by atoms with E-state index in [1.165, 1.54) is 30.3 Å². The number of amides is 1. The second kappa shape index (κ2) is 14.8. The monoisotopic (exact) mass is 687 g/mol. The number of nitrogens with zero attached hydrogens (tertiary/aromatic N) is 3. The zero-order valence-corrected chi connectivity index (χ0v) is 29.5. The number of fused-ring (bicyclic) bond motifs is 1. The van der Waals surface area contributed by atoms with E-state index in [0.29, 0.717) is 59.1 Å². The number of aromatic nitrogens is 1. The summed E-state index contributed by atoms with van der Waals surface area (Å²) in [5.41, 5.74) is 1.26. The van der Waals surface area contributed by atoms with Gasteiger partial charge in [-0.1, -0.05) is 6.92 Å². The fraction of sp³-hybridized carbons (Fsp3) is 0.436. The lowest BCUT2D eigenvalue weighted by Gasteiger charge is -2.42. The average Bonchev–Trinajstić information content (AvgIpc) is 3.77. The number of pyridine rings is 1. The summed E-state index contributed by atoms with van der Waals surface area (Å²) < 4.78 is 46.5. The second-order valence-corrected chi connectivity index (χ2v) is 14.4. The standard InChI is InChI=1S/C39H47F2N5O4/c1-26-24-39(26,37(47)44-28-9-7-27(40)8-10-28)25-43-29-11-12-34(31(41)21-29)50-33-13-14-42-32-23-36(35(48-5)22-30(32)33)49-20-6-15-45-16-18-46(19-17-45)38(2,3)4/h7-14,21-23,26,43H,6,15-20,24-25H2,1-5H3,(H,44,47)/t26-,39+/m1/s1. The van der Waals surface area contributed by atoms with Crippen LogP contribution in [0.5, 0.6) is 23.0 Å². The van der Waals surface area contributed by atoms with E-state index in [9.17, 15) is 9.18 Å². The number of carbonyl (C=O) groups excluding carboxylic acids is 1. The number of carbonyl (C=O) groups is 1. The van der Waals surface area contributed by atoms with Crippen molar-refractivity contribution >= 4 is 28.2 Å². The van der Waals surface area contributed by atoms with E-state index >= 15 is 4.39 Å². The molecule has 0 spiro atoms. The molecule has 50 heavy (non-hydrogen) atoms. The lowest BCUT2D eigenvalue weighted by Crippen LogP contribution is -2.53. The summed E-state index contributed by atoms with van der Waals surface area (Å²) in [6.45, 7) is 14.9. The van der Waals surface area contributed by atoms with Gasteiger partial charge in [0.15, 0.2) is 23.1 Å². The smallest absolute Gasteiger partial charge is 0.232 e. The molecule has 6 rings (SSSR count). The molecule has 4 aromatic rings. The number of piperazine rings is 1. The van der Waals surface area contributed by atoms with Crippen molar-refractivity contribution in [3.63, 3.8) is 0 Å². The van der Waals surface area contributed by atoms with E-state index in [4.69, 9.17) is 14.2 Å². The van der Waals surface area contributed by atoms with Gasteiger partial charge in [0.25, 0.3) is 0 Å². The van der Waals surface area contributed by atoms with Crippen molar-refractivity contribution in [1.29, 1.82) is 0 Å². The van der Waals surface area contributed by atoms with E-state index < -0.39 is 11.2 Å². The van der Waals surface area contributed by atoms with Gasteiger partial charge in [-0.3, -0.25) is 14.7 Å². The second-order valence-electron chi connectivity index (χ2n) is 14.4. The molecule has 2 fully saturated rings. The van der Waals surface area contributed by atoms with Crippen LogP contribution in [-0.4, -0.2) is 79.2 Å². The summed E-state index contributed by atoms with van der Waals surface area (Å²) in [6, 6.07) is 15.6. The average molecular weight is 688 g/mol. The Labute approximate surface area is 292 Å². The van der Waals surface area contributed by atoms with Crippen molar-refractivity contribution in [3.8, 4) is 23.0 Å². The molecule has 2 aliphatic rings. The van der Waals surface area contributed by atoms with Crippen LogP contribution in [0.3, 0.4) is 0 Å². The molecular weight excluding hydrogens is 640 g/mol. The van der Waals surface area contributed by atoms with Gasteiger partial charge in [0.2, 0.25) is 5.91 Å². The van der Waals surface area contributed by atoms with Crippen LogP contribution >= 0.6 is 0 Å². The maximum atomic E-state index is 15.4. The van der Waals surface area contributed by atoms with Gasteiger partial charge in [-0.05, 0) is 88.1 Å². The van der Waals surface area contributed by atoms with Crippen LogP contribution in [0.4, 0.5) is 20.2 Å². The molecule has 11 heteroatoms. The van der Waals surface area contributed by atoms with E-state index in [2.05, 4.69) is 46.2 Å². The van der Waals surface area contributed by atoms with Crippen LogP contribution in [0.1, 0.15) is 40.5 Å². The molecule has 2 atom stereocenters. The molecule has 1 saturated carbocycles. The Morgan fingerprint density at radius 2 is 1.66 bits per heavy atom. The number of anilines is 2. The highest BCUT2D eigenvalue weighted by molar-refractivity contribution is 5.98. The minimum atomic E-state index is -0.639. The van der Waals surface area contributed by atoms with E-state index in [-0.39, 0.29) is 28.9 Å². The third-order valence-corrected chi connectivity index (χ3v) is 9.95. The molecule has 2 N–H and O–H groups in total. The molecule has 1 aliphatic carbocycles. The molecule has 1 aromatic heterocycles. The number of benzene rings is 3. The Morgan fingerprint density at radius 1 is 0.940 bits per heavy atom. The number of hydrogen-bond acceptors (Lipinski definition) is 8. The highest BCUT2D eigenvalue weighted by atomic mass is 19.1. The summed E-state index contributed by atoms with van der Waals surface area (Å²) in [4.78, 5) is 22.6. The van der Waals surface area contributed by atoms with Gasteiger partial charge in [-0.25, -0.2) is 8.78 Å². The first-order valence-electron chi connectivity index (χ1n) is 17.3. The first kappa shape index (κ1) is 35.3. The quantitative estimate of drug-likeness (QED) is 0.139. The van der Waals surface area contributed by atoms with Crippen molar-refractivity contribution in [2.75, 3.05) is 63.6 Å². The number of ether oxygens (including phenoxy) is 3. The Kier molecular flexibility index (Phi) is 10.5. The van der Waals surface area contributed by atoms with Crippen LogP contribution in [0.2, 0.25) is 0 Å². The maximum absolute atomic E-state index is 15.4. The fourth-order valence-electron chi connectivity index (χ4n) is 6.59. The van der Waals surface area contributed by atoms with Crippen LogP contribution < -0.4 is 24.8 Å². The highest BCUT2D eigenvalue weighted by Gasteiger charge is 2.57. The predicted molar refractivity (Wildman–Crippen MR) is 192 cm³/mol. The molecule has 0 radical (unpaired) electrons. The molecule has 1 amide bonds. The Bertz CT molecular complexity index is 1810. The van der Waals surface area contributed by atoms with Crippen LogP contribution in [0, 0.1) is 23.0 Å². The van der Waals surface area contributed by atoms with Gasteiger partial charge in [0.1, 0.15) is 11.6 Å². The lowest BCUT2D eigenvalue weighted by molar-refractivity contribution is -0.121. The summed E-state index contributed by atoms with van der Waals surface area (Å²) in [6.07, 6.45) is 3.20. The maximum Gasteiger partial charge on any atom is 0.232 e. The molecule has 9 nitrogen and oxygen atoms in total. The van der Waals surface area contributed by atoms with Gasteiger partial charge in [0.05, 0.1) is 24.6 Å². The summed E-state index contributed by atoms with van der Waals surface area (Å²) in [7, 11) is 1.59. The minimum absolute atomic E-state index is 0.0502. The topological polar surface area (TPSA) is 88.2 Å². The minimum Gasteiger partial charge on any atom is -0.493 e. The van der Waals surface area contributed by atoms with Gasteiger partial charge >= 0.3 is 0 Å². The number of halogens is 2. The van der Waals surface area contributed by atoms with Crippen LogP contribution in [0.15, 0.2) is 66.9 Å². The van der Waals surface area contributed by atoms with Gasteiger partial charge in [-0.2, -0.15) is 0 Å². The molecule has 1 aliphatic heterocycles. The Morgan fingerprint density at radius 3 is 2.32 bits per heavy atom. The molecule has 3 aromatic carbocycles. The molecule has 0 bridgehead atoms. The molecular formula is C39H47F2N5O4. The summed E-state index contributed by atoms with van der Waals surface area (Å²) in [5, 5.41) is 6.76. The fourth-order valence-corrected chi connectivity index (χ4v) is 6.59. The summed E-state index contributed by atoms with van der Waals surface area (Å²) >= 11 is 0. The first-order valence-corrected chi connectivity index (χ1v) is 17.3. The molecule has 0 unspecified atom stereocenters. The molecule has 1 saturated heterocycles. The van der Waals surface area contributed by atoms with Crippen LogP contribution in [0.25, 0.3) is 10.9 Å². The van der Waals surface area contributed by atoms with Crippen molar-refractivity contribution < 1.29 is 27.8 Å². The zero-order chi connectivity index (χ0) is 35.5. The van der Waals surface area contributed by atoms with Crippen molar-refractivity contribution in [2.45, 2.75) is 46.1 Å². The van der Waals surface area contributed by atoms with E-state index in [1.807, 2.05) is 13.0 Å². The molecule has 2 heterocycles. The predicted octanol–water partition coefficient (Wildman–Crippen LogP) is 7.58. The van der Waals surface area contributed by atoms with E-state index in [1.54, 1.807) is 37.6 Å². The number of hydrogen-bond donors (Lipinski definition) is 2. The number of rotatable bonds is 13. The molecule has 266 valence electrons. The normalized spacial score (nSPS) is 19.6. The zero-order valence-electron chi connectivity index (χ0n) is 29.5. The van der Waals surface area contributed by atoms with Gasteiger partial charge < -0.3 is 29.7 Å². The van der Waals surface area contributed by atoms with Crippen LogP contribution in [-0.2, 0) is 4.79 Å². The third-order valence-electron chi connectivity index (χ3n) is 9.95. The highest BCUT2D eigenvalue weighted by Crippen LogP contribution is 2.53. The number of nitrogens with one attached hydrogen (secondary N) is 2. The number of methoxy groups -OCH3 is 1. The van der Waals surface area contributed by atoms with Crippen molar-refractivity contribution in [3.05, 3.63) is 78.5 Å². The largest absolute Gasteiger partial charge is 0.493 e. The third kappa shape index (κ3) is 8.11. The van der Waals surface area contributed by atoms with Crippen molar-refractivity contribution in [1.82, 2.24) is 14.8 Å². The summed E-state index contributed by atoms with van der Waals surface area (Å²) in [5.74, 6) is 0.686. The Balaban J connectivity index is 1.05. The Hall–Kier alpha value is -4.48. The lowest BCUT2D eigenvalue weighted by atomic mass is 10.0. The van der Waals surface area contributed by atoms with Gasteiger partial charge in [0, 0.05) is 79.9 Å².